The summed E-state index contributed by atoms with van der Waals surface area (Å²) in [5.74, 6) is 0. The van der Waals surface area contributed by atoms with Crippen LogP contribution in [0.2, 0.25) is 0 Å². The Morgan fingerprint density at radius 3 is 1.92 bits per heavy atom. The number of aliphatic hydroxyl groups is 1. The normalized spacial score (nSPS) is 29.1. The first-order valence-corrected chi connectivity index (χ1v) is 8.89. The molecule has 3 atom stereocenters. The molecule has 132 valence electrons. The van der Waals surface area contributed by atoms with Crippen LogP contribution in [0, 0.1) is 13.8 Å². The van der Waals surface area contributed by atoms with Crippen molar-refractivity contribution in [2.45, 2.75) is 38.3 Å². The molecular weight excluding hydrogens is 314 g/mol. The van der Waals surface area contributed by atoms with Gasteiger partial charge in [0.25, 0.3) is 0 Å². The van der Waals surface area contributed by atoms with Crippen LogP contribution >= 0.6 is 0 Å². The van der Waals surface area contributed by atoms with Crippen LogP contribution in [-0.4, -0.2) is 35.4 Å². The fourth-order valence-corrected chi connectivity index (χ4v) is 4.08. The third-order valence-corrected chi connectivity index (χ3v) is 5.30. The van der Waals surface area contributed by atoms with E-state index in [4.69, 9.17) is 9.47 Å². The van der Waals surface area contributed by atoms with Crippen LogP contribution < -0.4 is 0 Å². The number of nitrogens with zero attached hydrogens (tertiary/aromatic N) is 1. The summed E-state index contributed by atoms with van der Waals surface area (Å²) < 4.78 is 12.5. The topological polar surface area (TPSA) is 41.9 Å². The lowest BCUT2D eigenvalue weighted by Gasteiger charge is -2.34. The van der Waals surface area contributed by atoms with Gasteiger partial charge in [-0.05, 0) is 31.4 Å². The molecule has 2 saturated heterocycles. The number of hydrogen-bond acceptors (Lipinski definition) is 4. The summed E-state index contributed by atoms with van der Waals surface area (Å²) in [5, 5.41) is 9.63. The molecule has 2 aromatic rings. The van der Waals surface area contributed by atoms with Crippen LogP contribution in [0.4, 0.5) is 0 Å². The van der Waals surface area contributed by atoms with E-state index in [0.717, 1.165) is 11.1 Å². The molecule has 0 radical (unpaired) electrons. The van der Waals surface area contributed by atoms with Gasteiger partial charge in [-0.2, -0.15) is 0 Å². The molecule has 2 aliphatic heterocycles. The first-order valence-electron chi connectivity index (χ1n) is 8.89. The highest BCUT2D eigenvalue weighted by molar-refractivity contribution is 5.29. The molecular formula is C21H25NO3. The van der Waals surface area contributed by atoms with Gasteiger partial charge in [-0.15, -0.1) is 0 Å². The van der Waals surface area contributed by atoms with Gasteiger partial charge < -0.3 is 14.6 Å². The summed E-state index contributed by atoms with van der Waals surface area (Å²) in [5.41, 5.74) is 4.45. The minimum absolute atomic E-state index is 0.129. The van der Waals surface area contributed by atoms with E-state index in [1.807, 2.05) is 0 Å². The maximum absolute atomic E-state index is 9.63. The number of benzene rings is 2. The van der Waals surface area contributed by atoms with Gasteiger partial charge in [0.1, 0.15) is 12.5 Å². The average molecular weight is 339 g/mol. The summed E-state index contributed by atoms with van der Waals surface area (Å²) >= 11 is 0. The van der Waals surface area contributed by atoms with Crippen LogP contribution in [-0.2, 0) is 9.47 Å². The summed E-state index contributed by atoms with van der Waals surface area (Å²) in [7, 11) is 0. The molecule has 0 aromatic heterocycles. The molecule has 4 heteroatoms. The van der Waals surface area contributed by atoms with Gasteiger partial charge in [0.2, 0.25) is 0 Å². The molecule has 0 aliphatic carbocycles. The van der Waals surface area contributed by atoms with Gasteiger partial charge in [-0.1, -0.05) is 59.7 Å². The summed E-state index contributed by atoms with van der Waals surface area (Å²) in [6, 6.07) is 16.9. The van der Waals surface area contributed by atoms with Gasteiger partial charge in [-0.25, -0.2) is 4.90 Å². The summed E-state index contributed by atoms with van der Waals surface area (Å²) in [6.07, 6.45) is 0.344. The van der Waals surface area contributed by atoms with E-state index in [-0.39, 0.29) is 24.6 Å². The molecule has 4 rings (SSSR count). The molecule has 0 spiro atoms. The van der Waals surface area contributed by atoms with E-state index >= 15 is 0 Å². The second kappa shape index (κ2) is 6.54. The van der Waals surface area contributed by atoms with Crippen LogP contribution in [0.15, 0.2) is 48.5 Å². The molecule has 2 aromatic carbocycles. The lowest BCUT2D eigenvalue weighted by atomic mass is 9.96. The Labute approximate surface area is 149 Å². The fourth-order valence-electron chi connectivity index (χ4n) is 4.08. The highest BCUT2D eigenvalue weighted by Gasteiger charge is 2.56. The van der Waals surface area contributed by atoms with Crippen LogP contribution in [0.5, 0.6) is 0 Å². The average Bonchev–Trinajstić information content (AvgIpc) is 3.12. The molecule has 0 bridgehead atoms. The highest BCUT2D eigenvalue weighted by Crippen LogP contribution is 2.50. The molecule has 2 fully saturated rings. The third-order valence-electron chi connectivity index (χ3n) is 5.30. The molecule has 2 aliphatic rings. The smallest absolute Gasteiger partial charge is 0.139 e. The SMILES string of the molecule is Cc1cccc([C@H]2OCC3(CCO)CO[C@@H](c4cccc(C)c4)N23)c1. The number of rotatable bonds is 4. The molecule has 1 unspecified atom stereocenters. The molecule has 0 saturated carbocycles. The van der Waals surface area contributed by atoms with Crippen molar-refractivity contribution >= 4 is 0 Å². The van der Waals surface area contributed by atoms with E-state index in [1.54, 1.807) is 0 Å². The quantitative estimate of drug-likeness (QED) is 0.926. The van der Waals surface area contributed by atoms with Gasteiger partial charge >= 0.3 is 0 Å². The summed E-state index contributed by atoms with van der Waals surface area (Å²) in [6.45, 7) is 5.48. The molecule has 2 heterocycles. The molecule has 4 nitrogen and oxygen atoms in total. The fraction of sp³-hybridized carbons (Fsp3) is 0.429. The molecule has 0 amide bonds. The highest BCUT2D eigenvalue weighted by atomic mass is 16.6. The Morgan fingerprint density at radius 1 is 0.960 bits per heavy atom. The van der Waals surface area contributed by atoms with E-state index < -0.39 is 0 Å². The first-order chi connectivity index (χ1) is 12.1. The van der Waals surface area contributed by atoms with E-state index in [1.165, 1.54) is 11.1 Å². The molecule has 1 N–H and O–H groups in total. The van der Waals surface area contributed by atoms with Crippen molar-refractivity contribution in [3.05, 3.63) is 70.8 Å². The van der Waals surface area contributed by atoms with Gasteiger partial charge in [0, 0.05) is 6.61 Å². The maximum atomic E-state index is 9.63. The lowest BCUT2D eigenvalue weighted by Crippen LogP contribution is -2.45. The number of fused-ring (bicyclic) bond motifs is 1. The lowest BCUT2D eigenvalue weighted by molar-refractivity contribution is -0.0623. The zero-order chi connectivity index (χ0) is 17.4. The predicted molar refractivity (Wildman–Crippen MR) is 96.0 cm³/mol. The van der Waals surface area contributed by atoms with Gasteiger partial charge in [0.05, 0.1) is 18.8 Å². The zero-order valence-electron chi connectivity index (χ0n) is 14.8. The second-order valence-electron chi connectivity index (χ2n) is 7.26. The Balaban J connectivity index is 1.75. The number of aryl methyl sites for hydroxylation is 2. The van der Waals surface area contributed by atoms with Crippen molar-refractivity contribution < 1.29 is 14.6 Å². The second-order valence-corrected chi connectivity index (χ2v) is 7.26. The first kappa shape index (κ1) is 16.7. The standard InChI is InChI=1S/C21H25NO3/c1-15-5-3-7-17(11-15)19-22-20(18-8-4-6-16(2)12-18)25-14-21(22,9-10-23)13-24-19/h3-8,11-12,19-20,23H,9-10,13-14H2,1-2H3/t19-,20+,21?. The van der Waals surface area contributed by atoms with Crippen molar-refractivity contribution in [3.8, 4) is 0 Å². The van der Waals surface area contributed by atoms with E-state index in [2.05, 4.69) is 67.3 Å². The Morgan fingerprint density at radius 2 is 1.48 bits per heavy atom. The van der Waals surface area contributed by atoms with Crippen molar-refractivity contribution in [1.29, 1.82) is 0 Å². The number of ether oxygens (including phenoxy) is 2. The predicted octanol–water partition coefficient (Wildman–Crippen LogP) is 3.48. The van der Waals surface area contributed by atoms with Crippen LogP contribution in [0.25, 0.3) is 0 Å². The Bertz CT molecular complexity index is 703. The van der Waals surface area contributed by atoms with E-state index in [0.29, 0.717) is 19.6 Å². The van der Waals surface area contributed by atoms with Gasteiger partial charge in [0.15, 0.2) is 0 Å². The van der Waals surface area contributed by atoms with Gasteiger partial charge in [-0.3, -0.25) is 0 Å². The molecule has 25 heavy (non-hydrogen) atoms. The Hall–Kier alpha value is -1.72. The van der Waals surface area contributed by atoms with Crippen molar-refractivity contribution in [3.63, 3.8) is 0 Å². The van der Waals surface area contributed by atoms with E-state index in [9.17, 15) is 5.11 Å². The monoisotopic (exact) mass is 339 g/mol. The Kier molecular flexibility index (Phi) is 4.38. The zero-order valence-corrected chi connectivity index (χ0v) is 14.8. The number of aliphatic hydroxyl groups excluding tert-OH is 1. The third kappa shape index (κ3) is 2.89. The number of hydrogen-bond donors (Lipinski definition) is 1. The van der Waals surface area contributed by atoms with Crippen LogP contribution in [0.1, 0.15) is 41.1 Å². The van der Waals surface area contributed by atoms with Crippen molar-refractivity contribution in [1.82, 2.24) is 4.90 Å². The minimum atomic E-state index is -0.266. The van der Waals surface area contributed by atoms with Crippen molar-refractivity contribution in [2.24, 2.45) is 0 Å². The summed E-state index contributed by atoms with van der Waals surface area (Å²) in [4.78, 5) is 2.33. The minimum Gasteiger partial charge on any atom is -0.396 e. The van der Waals surface area contributed by atoms with Crippen LogP contribution in [0.3, 0.4) is 0 Å². The largest absolute Gasteiger partial charge is 0.396 e. The van der Waals surface area contributed by atoms with Crippen molar-refractivity contribution in [2.75, 3.05) is 19.8 Å². The maximum Gasteiger partial charge on any atom is 0.139 e.